The van der Waals surface area contributed by atoms with Gasteiger partial charge in [-0.3, -0.25) is 5.10 Å². The third-order valence-electron chi connectivity index (χ3n) is 2.20. The van der Waals surface area contributed by atoms with Gasteiger partial charge in [0.25, 0.3) is 0 Å². The van der Waals surface area contributed by atoms with Crippen LogP contribution >= 0.6 is 0 Å². The summed E-state index contributed by atoms with van der Waals surface area (Å²) in [5.41, 5.74) is -0.300. The second kappa shape index (κ2) is 4.42. The summed E-state index contributed by atoms with van der Waals surface area (Å²) in [5.74, 6) is 1.17. The number of H-pyrrole nitrogens is 1. The molecule has 0 fully saturated rings. The van der Waals surface area contributed by atoms with Crippen molar-refractivity contribution in [2.75, 3.05) is 5.32 Å². The maximum Gasteiger partial charge on any atom is 0.205 e. The Kier molecular flexibility index (Phi) is 2.97. The Bertz CT molecular complexity index is 478. The van der Waals surface area contributed by atoms with Crippen LogP contribution in [0.25, 0.3) is 0 Å². The van der Waals surface area contributed by atoms with Crippen LogP contribution in [0.5, 0.6) is 0 Å². The molecule has 0 saturated heterocycles. The van der Waals surface area contributed by atoms with E-state index >= 15 is 0 Å². The number of aliphatic hydroxyl groups is 1. The first-order chi connectivity index (χ1) is 8.05. The fourth-order valence-electron chi connectivity index (χ4n) is 1.28. The van der Waals surface area contributed by atoms with Gasteiger partial charge in [0, 0.05) is 18.5 Å². The van der Waals surface area contributed by atoms with E-state index in [1.165, 1.54) is 0 Å². The summed E-state index contributed by atoms with van der Waals surface area (Å²) in [7, 11) is 0. The Balaban J connectivity index is 2.09. The first-order valence-corrected chi connectivity index (χ1v) is 5.27. The summed E-state index contributed by atoms with van der Waals surface area (Å²) in [5, 5.41) is 22.6. The molecule has 17 heavy (non-hydrogen) atoms. The zero-order valence-electron chi connectivity index (χ0n) is 9.73. The van der Waals surface area contributed by atoms with E-state index < -0.39 is 5.60 Å². The smallest absolute Gasteiger partial charge is 0.205 e. The highest BCUT2D eigenvalue weighted by Gasteiger charge is 2.19. The number of anilines is 1. The Morgan fingerprint density at radius 3 is 2.88 bits per heavy atom. The second-order valence-corrected chi connectivity index (χ2v) is 4.17. The molecule has 1 aromatic heterocycles. The number of aromatic nitrogens is 2. The maximum absolute atomic E-state index is 9.79. The lowest BCUT2D eigenvalue weighted by Crippen LogP contribution is -2.25. The summed E-state index contributed by atoms with van der Waals surface area (Å²) in [6.45, 7) is 3.38. The lowest BCUT2D eigenvalue weighted by molar-refractivity contribution is 0.0738. The van der Waals surface area contributed by atoms with Crippen molar-refractivity contribution in [1.82, 2.24) is 15.5 Å². The van der Waals surface area contributed by atoms with E-state index in [4.69, 9.17) is 0 Å². The molecule has 0 saturated carbocycles. The Labute approximate surface area is 99.2 Å². The molecule has 90 valence electrons. The third kappa shape index (κ3) is 2.94. The predicted octanol–water partition coefficient (Wildman–Crippen LogP) is 1.04. The van der Waals surface area contributed by atoms with Crippen molar-refractivity contribution in [3.63, 3.8) is 0 Å². The van der Waals surface area contributed by atoms with Gasteiger partial charge in [0.2, 0.25) is 5.96 Å². The molecule has 0 aliphatic carbocycles. The monoisotopic (exact) mass is 233 g/mol. The highest BCUT2D eigenvalue weighted by atomic mass is 16.3. The first-order valence-electron chi connectivity index (χ1n) is 5.27. The zero-order valence-corrected chi connectivity index (χ0v) is 9.73. The highest BCUT2D eigenvalue weighted by Crippen LogP contribution is 2.19. The van der Waals surface area contributed by atoms with Gasteiger partial charge in [-0.05, 0) is 26.0 Å². The fourth-order valence-corrected chi connectivity index (χ4v) is 1.28. The van der Waals surface area contributed by atoms with E-state index in [1.54, 1.807) is 32.3 Å². The number of nitrogens with zero attached hydrogens (tertiary/aromatic N) is 2. The zero-order chi connectivity index (χ0) is 12.3. The van der Waals surface area contributed by atoms with Crippen LogP contribution < -0.4 is 10.6 Å². The van der Waals surface area contributed by atoms with Crippen LogP contribution in [0, 0.1) is 0 Å². The van der Waals surface area contributed by atoms with Crippen LogP contribution in [0.3, 0.4) is 0 Å². The number of hydrogen-bond donors (Lipinski definition) is 4. The van der Waals surface area contributed by atoms with Crippen molar-refractivity contribution in [2.45, 2.75) is 19.4 Å². The molecular weight excluding hydrogens is 218 g/mol. The minimum absolute atomic E-state index is 0.573. The molecule has 6 heteroatoms. The molecule has 0 amide bonds. The Morgan fingerprint density at radius 2 is 2.18 bits per heavy atom. The number of aromatic amines is 1. The molecule has 0 bridgehead atoms. The van der Waals surface area contributed by atoms with Crippen molar-refractivity contribution < 1.29 is 5.11 Å². The predicted molar refractivity (Wildman–Crippen MR) is 66.3 cm³/mol. The topological polar surface area (TPSA) is 85.3 Å². The lowest BCUT2D eigenvalue weighted by Gasteiger charge is -2.13. The average molecular weight is 233 g/mol. The largest absolute Gasteiger partial charge is 0.384 e. The number of allylic oxidation sites excluding steroid dienone is 2. The first kappa shape index (κ1) is 11.4. The molecule has 0 aromatic carbocycles. The summed E-state index contributed by atoms with van der Waals surface area (Å²) < 4.78 is 0. The molecule has 2 heterocycles. The van der Waals surface area contributed by atoms with Gasteiger partial charge in [-0.25, -0.2) is 4.99 Å². The molecule has 0 spiro atoms. The van der Waals surface area contributed by atoms with E-state index in [9.17, 15) is 5.11 Å². The third-order valence-corrected chi connectivity index (χ3v) is 2.20. The van der Waals surface area contributed by atoms with Crippen LogP contribution in [-0.4, -0.2) is 21.3 Å². The van der Waals surface area contributed by atoms with Crippen LogP contribution in [0.4, 0.5) is 5.82 Å². The number of rotatable bonds is 2. The van der Waals surface area contributed by atoms with Gasteiger partial charge in [0.1, 0.15) is 5.60 Å². The summed E-state index contributed by atoms with van der Waals surface area (Å²) in [4.78, 5) is 4.12. The summed E-state index contributed by atoms with van der Waals surface area (Å²) in [6.07, 6.45) is 7.08. The quantitative estimate of drug-likeness (QED) is 0.614. The molecule has 1 aliphatic heterocycles. The maximum atomic E-state index is 9.79. The van der Waals surface area contributed by atoms with Gasteiger partial charge < -0.3 is 15.7 Å². The molecule has 0 unspecified atom stereocenters. The van der Waals surface area contributed by atoms with Gasteiger partial charge in [0.05, 0.1) is 5.69 Å². The van der Waals surface area contributed by atoms with Crippen LogP contribution in [0.15, 0.2) is 35.6 Å². The second-order valence-electron chi connectivity index (χ2n) is 4.17. The van der Waals surface area contributed by atoms with Crippen LogP contribution in [-0.2, 0) is 5.60 Å². The minimum atomic E-state index is -0.939. The van der Waals surface area contributed by atoms with E-state index in [0.717, 1.165) is 0 Å². The number of nitrogens with one attached hydrogen (secondary N) is 3. The Hall–Kier alpha value is -2.08. The van der Waals surface area contributed by atoms with E-state index in [1.807, 2.05) is 12.2 Å². The fraction of sp³-hybridized carbons (Fsp3) is 0.273. The minimum Gasteiger partial charge on any atom is -0.384 e. The van der Waals surface area contributed by atoms with Crippen LogP contribution in [0.2, 0.25) is 0 Å². The number of guanidine groups is 1. The van der Waals surface area contributed by atoms with Crippen molar-refractivity contribution in [3.8, 4) is 0 Å². The Morgan fingerprint density at radius 1 is 1.35 bits per heavy atom. The van der Waals surface area contributed by atoms with Gasteiger partial charge >= 0.3 is 0 Å². The summed E-state index contributed by atoms with van der Waals surface area (Å²) >= 11 is 0. The van der Waals surface area contributed by atoms with Gasteiger partial charge in [-0.2, -0.15) is 5.10 Å². The lowest BCUT2D eigenvalue weighted by atomic mass is 10.1. The van der Waals surface area contributed by atoms with Crippen molar-refractivity contribution in [2.24, 2.45) is 4.99 Å². The molecule has 1 aliphatic rings. The average Bonchev–Trinajstić information content (AvgIpc) is 2.56. The molecule has 1 aromatic rings. The number of aliphatic imine (C=N–C) groups is 1. The van der Waals surface area contributed by atoms with Crippen molar-refractivity contribution >= 4 is 11.8 Å². The van der Waals surface area contributed by atoms with Crippen molar-refractivity contribution in [1.29, 1.82) is 0 Å². The molecule has 2 rings (SSSR count). The van der Waals surface area contributed by atoms with Crippen LogP contribution in [0.1, 0.15) is 19.5 Å². The van der Waals surface area contributed by atoms with Gasteiger partial charge in [-0.1, -0.05) is 0 Å². The molecule has 0 atom stereocenters. The van der Waals surface area contributed by atoms with Gasteiger partial charge in [-0.15, -0.1) is 0 Å². The van der Waals surface area contributed by atoms with E-state index in [0.29, 0.717) is 17.5 Å². The normalized spacial score (nSPS) is 15.1. The van der Waals surface area contributed by atoms with Gasteiger partial charge in [0.15, 0.2) is 5.82 Å². The summed E-state index contributed by atoms with van der Waals surface area (Å²) in [6, 6.07) is 1.74. The number of hydrogen-bond acceptors (Lipinski definition) is 5. The van der Waals surface area contributed by atoms with Crippen molar-refractivity contribution in [3.05, 3.63) is 36.3 Å². The van der Waals surface area contributed by atoms with E-state index in [-0.39, 0.29) is 0 Å². The molecule has 0 radical (unpaired) electrons. The SMILES string of the molecule is CC(C)(O)c1cc(NC2=NC=CC=CN2)n[nH]1. The molecular formula is C11H15N5O. The standard InChI is InChI=1S/C11H15N5O/c1-11(2,17)8-7-9(16-15-8)14-10-12-5-3-4-6-13-10/h3-7,17H,1-2H3,(H3,12,13,14,15,16). The molecule has 6 nitrogen and oxygen atoms in total. The van der Waals surface area contributed by atoms with E-state index in [2.05, 4.69) is 25.8 Å². The molecule has 4 N–H and O–H groups in total. The highest BCUT2D eigenvalue weighted by molar-refractivity contribution is 5.94.